The number of hydrogen-bond donors (Lipinski definition) is 0. The van der Waals surface area contributed by atoms with Gasteiger partial charge in [0, 0.05) is 37.2 Å². The number of likely N-dealkylation sites (tertiary alicyclic amines) is 1. The molecule has 1 aliphatic heterocycles. The van der Waals surface area contributed by atoms with Crippen LogP contribution in [0.15, 0.2) is 72.8 Å². The summed E-state index contributed by atoms with van der Waals surface area (Å²) in [6.45, 7) is 7.42. The molecule has 3 nitrogen and oxygen atoms in total. The maximum Gasteiger partial charge on any atom is 0.253 e. The molecule has 38 heavy (non-hydrogen) atoms. The van der Waals surface area contributed by atoms with E-state index in [1.165, 1.54) is 60.2 Å². The first-order chi connectivity index (χ1) is 18.4. The lowest BCUT2D eigenvalue weighted by Gasteiger charge is -2.55. The monoisotopic (exact) mass is 504 g/mol. The number of benzene rings is 3. The van der Waals surface area contributed by atoms with Gasteiger partial charge in [-0.05, 0) is 95.8 Å². The summed E-state index contributed by atoms with van der Waals surface area (Å²) in [6.07, 6.45) is 6.22. The highest BCUT2D eigenvalue weighted by molar-refractivity contribution is 5.95. The second kappa shape index (κ2) is 9.09. The number of nitrogens with zero attached hydrogens (tertiary/aromatic N) is 2. The molecule has 7 rings (SSSR count). The Labute approximate surface area is 227 Å². The van der Waals surface area contributed by atoms with E-state index in [2.05, 4.69) is 91.5 Å². The minimum atomic E-state index is 0.162. The number of carbonyl (C=O) groups excluding carboxylic acids is 1. The van der Waals surface area contributed by atoms with Gasteiger partial charge in [-0.1, -0.05) is 74.5 Å². The van der Waals surface area contributed by atoms with Gasteiger partial charge in [-0.2, -0.15) is 0 Å². The Morgan fingerprint density at radius 2 is 1.74 bits per heavy atom. The molecule has 0 N–H and O–H groups in total. The largest absolute Gasteiger partial charge is 0.338 e. The van der Waals surface area contributed by atoms with Gasteiger partial charge in [0.2, 0.25) is 0 Å². The SMILES string of the molecule is C[C@H]1C2Cc3ccc(C(=O)N(C)[C@@H]4C[C@H]4c4ccc(-c5ccccc5)cc4)cc3[C@@]1(C)CCN2CC1CC1. The normalized spacial score (nSPS) is 30.0. The molecule has 0 radical (unpaired) electrons. The second-order valence-electron chi connectivity index (χ2n) is 12.9. The summed E-state index contributed by atoms with van der Waals surface area (Å²) in [5, 5.41) is 0. The van der Waals surface area contributed by atoms with Gasteiger partial charge < -0.3 is 4.90 Å². The van der Waals surface area contributed by atoms with Gasteiger partial charge in [-0.25, -0.2) is 0 Å². The molecule has 1 heterocycles. The minimum Gasteiger partial charge on any atom is -0.338 e. The third-order valence-electron chi connectivity index (χ3n) is 10.6. The molecule has 3 aromatic carbocycles. The van der Waals surface area contributed by atoms with Crippen molar-refractivity contribution < 1.29 is 4.79 Å². The number of amides is 1. The van der Waals surface area contributed by atoms with Crippen molar-refractivity contribution in [1.82, 2.24) is 9.80 Å². The van der Waals surface area contributed by atoms with Gasteiger partial charge in [-0.3, -0.25) is 9.69 Å². The zero-order valence-electron chi connectivity index (χ0n) is 23.1. The van der Waals surface area contributed by atoms with Crippen molar-refractivity contribution in [3.63, 3.8) is 0 Å². The summed E-state index contributed by atoms with van der Waals surface area (Å²) in [4.78, 5) is 18.5. The maximum atomic E-state index is 13.7. The van der Waals surface area contributed by atoms with E-state index in [1.54, 1.807) is 0 Å². The van der Waals surface area contributed by atoms with Crippen molar-refractivity contribution in [1.29, 1.82) is 0 Å². The first-order valence-electron chi connectivity index (χ1n) is 14.7. The molecule has 4 aliphatic rings. The molecule has 196 valence electrons. The first-order valence-corrected chi connectivity index (χ1v) is 14.7. The van der Waals surface area contributed by atoms with Crippen LogP contribution in [-0.4, -0.2) is 47.9 Å². The average Bonchev–Trinajstić information content (AvgIpc) is 3.88. The predicted molar refractivity (Wildman–Crippen MR) is 154 cm³/mol. The van der Waals surface area contributed by atoms with Crippen LogP contribution in [0.3, 0.4) is 0 Å². The fraction of sp³-hybridized carbons (Fsp3) is 0.457. The average molecular weight is 505 g/mol. The van der Waals surface area contributed by atoms with Gasteiger partial charge in [-0.15, -0.1) is 0 Å². The maximum absolute atomic E-state index is 13.7. The molecular weight excluding hydrogens is 464 g/mol. The lowest BCUT2D eigenvalue weighted by Crippen LogP contribution is -2.58. The van der Waals surface area contributed by atoms with Crippen molar-refractivity contribution in [2.45, 2.75) is 69.4 Å². The lowest BCUT2D eigenvalue weighted by molar-refractivity contribution is 0.0283. The van der Waals surface area contributed by atoms with Gasteiger partial charge >= 0.3 is 0 Å². The van der Waals surface area contributed by atoms with Crippen LogP contribution < -0.4 is 0 Å². The molecule has 3 aliphatic carbocycles. The molecule has 2 bridgehead atoms. The van der Waals surface area contributed by atoms with Gasteiger partial charge in [0.05, 0.1) is 0 Å². The number of fused-ring (bicyclic) bond motifs is 4. The second-order valence-corrected chi connectivity index (χ2v) is 12.9. The minimum absolute atomic E-state index is 0.162. The molecule has 3 fully saturated rings. The molecular formula is C35H40N2O. The van der Waals surface area contributed by atoms with Crippen LogP contribution in [0.2, 0.25) is 0 Å². The van der Waals surface area contributed by atoms with Gasteiger partial charge in [0.1, 0.15) is 0 Å². The Kier molecular flexibility index (Phi) is 5.78. The van der Waals surface area contributed by atoms with E-state index in [0.717, 1.165) is 24.3 Å². The summed E-state index contributed by atoms with van der Waals surface area (Å²) in [5.41, 5.74) is 7.76. The Bertz CT molecular complexity index is 1340. The van der Waals surface area contributed by atoms with Crippen molar-refractivity contribution in [3.8, 4) is 11.1 Å². The number of likely N-dealkylation sites (N-methyl/N-ethyl adjacent to an activating group) is 1. The third kappa shape index (κ3) is 4.11. The van der Waals surface area contributed by atoms with Crippen LogP contribution in [0.5, 0.6) is 0 Å². The van der Waals surface area contributed by atoms with Crippen LogP contribution in [0.1, 0.15) is 72.5 Å². The topological polar surface area (TPSA) is 23.6 Å². The first kappa shape index (κ1) is 24.2. The van der Waals surface area contributed by atoms with E-state index < -0.39 is 0 Å². The number of hydrogen-bond acceptors (Lipinski definition) is 2. The van der Waals surface area contributed by atoms with Crippen LogP contribution in [-0.2, 0) is 11.8 Å². The van der Waals surface area contributed by atoms with Crippen molar-refractivity contribution in [2.24, 2.45) is 11.8 Å². The molecule has 0 spiro atoms. The van der Waals surface area contributed by atoms with Crippen LogP contribution in [0, 0.1) is 11.8 Å². The van der Waals surface area contributed by atoms with E-state index in [0.29, 0.717) is 17.9 Å². The Balaban J connectivity index is 1.06. The van der Waals surface area contributed by atoms with Gasteiger partial charge in [0.15, 0.2) is 0 Å². The number of carbonyl (C=O) groups is 1. The van der Waals surface area contributed by atoms with Crippen LogP contribution in [0.4, 0.5) is 0 Å². The summed E-state index contributed by atoms with van der Waals surface area (Å²) in [6, 6.07) is 27.0. The molecule has 0 aromatic heterocycles. The van der Waals surface area contributed by atoms with E-state index in [-0.39, 0.29) is 17.4 Å². The fourth-order valence-electron chi connectivity index (χ4n) is 7.57. The fourth-order valence-corrected chi connectivity index (χ4v) is 7.57. The van der Waals surface area contributed by atoms with Gasteiger partial charge in [0.25, 0.3) is 5.91 Å². The van der Waals surface area contributed by atoms with Crippen molar-refractivity contribution >= 4 is 5.91 Å². The summed E-state index contributed by atoms with van der Waals surface area (Å²) < 4.78 is 0. The summed E-state index contributed by atoms with van der Waals surface area (Å²) in [7, 11) is 2.00. The Morgan fingerprint density at radius 1 is 1.00 bits per heavy atom. The number of rotatable bonds is 6. The van der Waals surface area contributed by atoms with E-state index in [1.807, 2.05) is 11.9 Å². The summed E-state index contributed by atoms with van der Waals surface area (Å²) >= 11 is 0. The zero-order chi connectivity index (χ0) is 26.0. The molecule has 3 heteroatoms. The quantitative estimate of drug-likeness (QED) is 0.364. The highest BCUT2D eigenvalue weighted by Gasteiger charge is 2.49. The zero-order valence-corrected chi connectivity index (χ0v) is 23.1. The number of piperidine rings is 1. The van der Waals surface area contributed by atoms with E-state index in [4.69, 9.17) is 0 Å². The Hall–Kier alpha value is -2.91. The standard InChI is InChI=1S/C35H40N2O/c1-23-32-20-28-15-16-29(19-31(28)35(23,2)17-18-37(32)22-24-9-10-24)34(38)36(3)33-21-30(33)27-13-11-26(12-14-27)25-7-5-4-6-8-25/h4-8,11-16,19,23-24,30,32-33H,9-10,17-18,20-22H2,1-3H3/t23-,30-,32?,33+,35-/m0/s1. The molecule has 5 atom stereocenters. The highest BCUT2D eigenvalue weighted by atomic mass is 16.2. The summed E-state index contributed by atoms with van der Waals surface area (Å²) in [5.74, 6) is 2.17. The molecule has 2 saturated carbocycles. The third-order valence-corrected chi connectivity index (χ3v) is 10.6. The van der Waals surface area contributed by atoms with Crippen LogP contribution in [0.25, 0.3) is 11.1 Å². The molecule has 3 aromatic rings. The van der Waals surface area contributed by atoms with E-state index >= 15 is 0 Å². The van der Waals surface area contributed by atoms with Crippen LogP contribution >= 0.6 is 0 Å². The molecule has 1 unspecified atom stereocenters. The smallest absolute Gasteiger partial charge is 0.253 e. The van der Waals surface area contributed by atoms with Crippen molar-refractivity contribution in [2.75, 3.05) is 20.1 Å². The molecule has 1 saturated heterocycles. The van der Waals surface area contributed by atoms with E-state index in [9.17, 15) is 4.79 Å². The highest BCUT2D eigenvalue weighted by Crippen LogP contribution is 2.50. The predicted octanol–water partition coefficient (Wildman–Crippen LogP) is 6.92. The van der Waals surface area contributed by atoms with Crippen molar-refractivity contribution in [3.05, 3.63) is 95.1 Å². The molecule has 1 amide bonds. The lowest BCUT2D eigenvalue weighted by atomic mass is 9.59. The Morgan fingerprint density at radius 3 is 2.47 bits per heavy atom.